The lowest BCUT2D eigenvalue weighted by atomic mass is 9.82. The molecule has 5 nitrogen and oxygen atoms in total. The van der Waals surface area contributed by atoms with Crippen molar-refractivity contribution in [2.45, 2.75) is 45.4 Å². The number of sulfone groups is 1. The topological polar surface area (TPSA) is 61.8 Å². The van der Waals surface area contributed by atoms with E-state index in [1.54, 1.807) is 0 Å². The minimum absolute atomic E-state index is 0.211. The van der Waals surface area contributed by atoms with Gasteiger partial charge in [-0.3, -0.25) is 4.99 Å². The molecule has 2 heterocycles. The molecule has 3 unspecified atom stereocenters. The van der Waals surface area contributed by atoms with Crippen molar-refractivity contribution in [2.75, 3.05) is 37.7 Å². The Morgan fingerprint density at radius 3 is 2.43 bits per heavy atom. The fourth-order valence-electron chi connectivity index (χ4n) is 4.31. The Labute approximate surface area is 140 Å². The van der Waals surface area contributed by atoms with Gasteiger partial charge in [0.1, 0.15) is 0 Å². The Balaban J connectivity index is 1.62. The Hall–Kier alpha value is -0.780. The first kappa shape index (κ1) is 17.1. The lowest BCUT2D eigenvalue weighted by Gasteiger charge is -2.22. The van der Waals surface area contributed by atoms with E-state index in [1.807, 2.05) is 0 Å². The van der Waals surface area contributed by atoms with Crippen LogP contribution in [0.5, 0.6) is 0 Å². The van der Waals surface area contributed by atoms with E-state index in [0.29, 0.717) is 18.1 Å². The SMILES string of the molecule is CCCNC(=NCC1CCS(=O)(=O)C1)N1CC2CCCCC2C1. The number of nitrogens with one attached hydrogen (secondary N) is 1. The number of rotatable bonds is 4. The van der Waals surface area contributed by atoms with E-state index in [0.717, 1.165) is 50.3 Å². The van der Waals surface area contributed by atoms with Gasteiger partial charge in [-0.2, -0.15) is 0 Å². The lowest BCUT2D eigenvalue weighted by molar-refractivity contribution is 0.299. The second-order valence-corrected chi connectivity index (χ2v) is 9.80. The highest BCUT2D eigenvalue weighted by atomic mass is 32.2. The van der Waals surface area contributed by atoms with E-state index >= 15 is 0 Å². The molecule has 3 atom stereocenters. The molecule has 0 bridgehead atoms. The van der Waals surface area contributed by atoms with Crippen molar-refractivity contribution < 1.29 is 8.42 Å². The maximum absolute atomic E-state index is 11.6. The molecule has 1 aliphatic carbocycles. The third kappa shape index (κ3) is 4.40. The quantitative estimate of drug-likeness (QED) is 0.627. The maximum Gasteiger partial charge on any atom is 0.193 e. The Bertz CT molecular complexity index is 518. The molecule has 2 saturated heterocycles. The summed E-state index contributed by atoms with van der Waals surface area (Å²) in [5, 5.41) is 3.49. The Kier molecular flexibility index (Phi) is 5.49. The van der Waals surface area contributed by atoms with Gasteiger partial charge in [0.2, 0.25) is 0 Å². The predicted molar refractivity (Wildman–Crippen MR) is 94.4 cm³/mol. The zero-order valence-corrected chi connectivity index (χ0v) is 15.2. The molecule has 6 heteroatoms. The van der Waals surface area contributed by atoms with Crippen molar-refractivity contribution in [1.82, 2.24) is 10.2 Å². The summed E-state index contributed by atoms with van der Waals surface area (Å²) >= 11 is 0. The normalized spacial score (nSPS) is 33.7. The van der Waals surface area contributed by atoms with Crippen LogP contribution in [0.1, 0.15) is 45.4 Å². The van der Waals surface area contributed by atoms with Crippen molar-refractivity contribution in [3.8, 4) is 0 Å². The van der Waals surface area contributed by atoms with Crippen LogP contribution in [0.4, 0.5) is 0 Å². The molecule has 0 aromatic carbocycles. The van der Waals surface area contributed by atoms with Crippen LogP contribution in [-0.4, -0.2) is 57.0 Å². The molecule has 132 valence electrons. The van der Waals surface area contributed by atoms with Crippen LogP contribution in [0.2, 0.25) is 0 Å². The number of likely N-dealkylation sites (tertiary alicyclic amines) is 1. The van der Waals surface area contributed by atoms with E-state index in [4.69, 9.17) is 4.99 Å². The minimum Gasteiger partial charge on any atom is -0.356 e. The summed E-state index contributed by atoms with van der Waals surface area (Å²) in [5.74, 6) is 3.57. The van der Waals surface area contributed by atoms with Crippen LogP contribution in [-0.2, 0) is 9.84 Å². The van der Waals surface area contributed by atoms with Crippen LogP contribution >= 0.6 is 0 Å². The molecule has 0 radical (unpaired) electrons. The predicted octanol–water partition coefficient (Wildman–Crippen LogP) is 1.90. The number of hydrogen-bond donors (Lipinski definition) is 1. The Morgan fingerprint density at radius 1 is 1.17 bits per heavy atom. The standard InChI is InChI=1S/C17H31N3O2S/c1-2-8-18-17(19-10-14-7-9-23(21,22)13-14)20-11-15-5-3-4-6-16(15)12-20/h14-16H,2-13H2,1H3,(H,18,19). The van der Waals surface area contributed by atoms with Gasteiger partial charge < -0.3 is 10.2 Å². The third-order valence-corrected chi connectivity index (χ3v) is 7.47. The van der Waals surface area contributed by atoms with Gasteiger partial charge in [-0.05, 0) is 43.4 Å². The molecule has 0 aromatic rings. The van der Waals surface area contributed by atoms with Crippen molar-refractivity contribution in [2.24, 2.45) is 22.7 Å². The average molecular weight is 342 g/mol. The molecular formula is C17H31N3O2S. The fourth-order valence-corrected chi connectivity index (χ4v) is 6.16. The fraction of sp³-hybridized carbons (Fsp3) is 0.941. The summed E-state index contributed by atoms with van der Waals surface area (Å²) in [7, 11) is -2.80. The number of guanidine groups is 1. The molecule has 3 fully saturated rings. The molecule has 0 spiro atoms. The highest BCUT2D eigenvalue weighted by Crippen LogP contribution is 2.36. The molecule has 1 N–H and O–H groups in total. The van der Waals surface area contributed by atoms with E-state index in [-0.39, 0.29) is 5.92 Å². The van der Waals surface area contributed by atoms with Crippen LogP contribution in [0, 0.1) is 17.8 Å². The summed E-state index contributed by atoms with van der Waals surface area (Å²) in [5.41, 5.74) is 0. The first-order chi connectivity index (χ1) is 11.1. The van der Waals surface area contributed by atoms with Gasteiger partial charge in [0, 0.05) is 26.2 Å². The molecular weight excluding hydrogens is 310 g/mol. The monoisotopic (exact) mass is 341 g/mol. The maximum atomic E-state index is 11.6. The van der Waals surface area contributed by atoms with Gasteiger partial charge in [-0.15, -0.1) is 0 Å². The summed E-state index contributed by atoms with van der Waals surface area (Å²) in [6, 6.07) is 0. The van der Waals surface area contributed by atoms with Gasteiger partial charge in [-0.25, -0.2) is 8.42 Å². The smallest absolute Gasteiger partial charge is 0.193 e. The van der Waals surface area contributed by atoms with Crippen LogP contribution in [0.25, 0.3) is 0 Å². The van der Waals surface area contributed by atoms with Crippen LogP contribution in [0.3, 0.4) is 0 Å². The third-order valence-electron chi connectivity index (χ3n) is 5.63. The first-order valence-electron chi connectivity index (χ1n) is 9.31. The molecule has 0 aromatic heterocycles. The summed E-state index contributed by atoms with van der Waals surface area (Å²) in [6.45, 7) is 6.01. The molecule has 3 rings (SSSR count). The molecule has 1 saturated carbocycles. The second-order valence-electron chi connectivity index (χ2n) is 7.57. The van der Waals surface area contributed by atoms with Gasteiger partial charge in [0.05, 0.1) is 11.5 Å². The van der Waals surface area contributed by atoms with Crippen LogP contribution < -0.4 is 5.32 Å². The minimum atomic E-state index is -2.80. The van der Waals surface area contributed by atoms with Gasteiger partial charge >= 0.3 is 0 Å². The lowest BCUT2D eigenvalue weighted by Crippen LogP contribution is -2.41. The summed E-state index contributed by atoms with van der Waals surface area (Å²) in [6.07, 6.45) is 7.34. The molecule has 23 heavy (non-hydrogen) atoms. The summed E-state index contributed by atoms with van der Waals surface area (Å²) < 4.78 is 23.2. The van der Waals surface area contributed by atoms with Crippen molar-refractivity contribution in [3.05, 3.63) is 0 Å². The van der Waals surface area contributed by atoms with E-state index in [2.05, 4.69) is 17.1 Å². The average Bonchev–Trinajstić information content (AvgIpc) is 3.10. The van der Waals surface area contributed by atoms with E-state index < -0.39 is 9.84 Å². The Morgan fingerprint density at radius 2 is 1.87 bits per heavy atom. The largest absolute Gasteiger partial charge is 0.356 e. The molecule has 0 amide bonds. The van der Waals surface area contributed by atoms with E-state index in [9.17, 15) is 8.42 Å². The van der Waals surface area contributed by atoms with Crippen LogP contribution in [0.15, 0.2) is 4.99 Å². The highest BCUT2D eigenvalue weighted by molar-refractivity contribution is 7.91. The first-order valence-corrected chi connectivity index (χ1v) is 11.1. The summed E-state index contributed by atoms with van der Waals surface area (Å²) in [4.78, 5) is 7.25. The number of aliphatic imine (C=N–C) groups is 1. The van der Waals surface area contributed by atoms with Gasteiger partial charge in [0.25, 0.3) is 0 Å². The number of nitrogens with zero attached hydrogens (tertiary/aromatic N) is 2. The van der Waals surface area contributed by atoms with Crippen molar-refractivity contribution in [1.29, 1.82) is 0 Å². The molecule has 3 aliphatic rings. The zero-order chi connectivity index (χ0) is 16.3. The number of hydrogen-bond acceptors (Lipinski definition) is 3. The molecule has 2 aliphatic heterocycles. The number of fused-ring (bicyclic) bond motifs is 1. The second kappa shape index (κ2) is 7.41. The van der Waals surface area contributed by atoms with Crippen molar-refractivity contribution >= 4 is 15.8 Å². The zero-order valence-electron chi connectivity index (χ0n) is 14.3. The van der Waals surface area contributed by atoms with Gasteiger partial charge in [0.15, 0.2) is 15.8 Å². The van der Waals surface area contributed by atoms with E-state index in [1.165, 1.54) is 25.7 Å². The van der Waals surface area contributed by atoms with Crippen molar-refractivity contribution in [3.63, 3.8) is 0 Å². The van der Waals surface area contributed by atoms with Gasteiger partial charge in [-0.1, -0.05) is 19.8 Å². The highest BCUT2D eigenvalue weighted by Gasteiger charge is 2.36.